The Morgan fingerprint density at radius 3 is 2.61 bits per heavy atom. The molecule has 0 N–H and O–H groups in total. The predicted octanol–water partition coefficient (Wildman–Crippen LogP) is 1.65. The first-order valence-electron chi connectivity index (χ1n) is 11.3. The minimum Gasteiger partial charge on any atom is -0.302 e. The van der Waals surface area contributed by atoms with Gasteiger partial charge in [0.05, 0.1) is 6.54 Å². The normalized spacial score (nSPS) is 24.2. The zero-order chi connectivity index (χ0) is 21.7. The molecular weight excluding hydrogens is 392 g/mol. The maximum absolute atomic E-state index is 13.4. The summed E-state index contributed by atoms with van der Waals surface area (Å²) in [7, 11) is 1.74. The molecule has 3 amide bonds. The molecule has 2 saturated heterocycles. The van der Waals surface area contributed by atoms with Crippen molar-refractivity contribution < 1.29 is 14.2 Å². The molecule has 0 bridgehead atoms. The van der Waals surface area contributed by atoms with E-state index in [9.17, 15) is 9.59 Å². The number of guanidine groups is 1. The highest BCUT2D eigenvalue weighted by atomic mass is 16.2. The van der Waals surface area contributed by atoms with Gasteiger partial charge in [-0.25, -0.2) is 14.3 Å². The van der Waals surface area contributed by atoms with Gasteiger partial charge in [-0.2, -0.15) is 0 Å². The fourth-order valence-corrected chi connectivity index (χ4v) is 5.14. The van der Waals surface area contributed by atoms with Crippen LogP contribution in [0.1, 0.15) is 30.4 Å². The smallest absolute Gasteiger partial charge is 0.302 e. The van der Waals surface area contributed by atoms with Crippen LogP contribution in [-0.2, 0) is 4.79 Å². The van der Waals surface area contributed by atoms with Gasteiger partial charge in [-0.1, -0.05) is 23.5 Å². The summed E-state index contributed by atoms with van der Waals surface area (Å²) < 4.78 is 2.07. The Balaban J connectivity index is 1.41. The number of rotatable bonds is 4. The van der Waals surface area contributed by atoms with Crippen molar-refractivity contribution in [2.75, 3.05) is 51.2 Å². The number of aryl methyl sites for hydroxylation is 1. The molecule has 8 nitrogen and oxygen atoms in total. The number of piperidine rings is 1. The fourth-order valence-electron chi connectivity index (χ4n) is 5.14. The second-order valence-corrected chi connectivity index (χ2v) is 8.97. The molecule has 0 aliphatic carbocycles. The topological polar surface area (TPSA) is 62.5 Å². The first kappa shape index (κ1) is 20.2. The van der Waals surface area contributed by atoms with Crippen molar-refractivity contribution in [2.45, 2.75) is 39.2 Å². The highest BCUT2D eigenvalue weighted by molar-refractivity contribution is 6.24. The van der Waals surface area contributed by atoms with Crippen LogP contribution in [0.15, 0.2) is 23.2 Å². The number of hydrogen-bond acceptors (Lipinski definition) is 5. The molecule has 8 heteroatoms. The fraction of sp³-hybridized carbons (Fsp3) is 0.565. The molecule has 1 atom stereocenters. The lowest BCUT2D eigenvalue weighted by molar-refractivity contribution is -0.525. The minimum absolute atomic E-state index is 0.142. The van der Waals surface area contributed by atoms with E-state index in [1.165, 1.54) is 35.3 Å². The second kappa shape index (κ2) is 7.75. The largest absolute Gasteiger partial charge is 0.397 e. The summed E-state index contributed by atoms with van der Waals surface area (Å²) in [6.07, 6.45) is 3.66. The molecule has 5 rings (SSSR count). The van der Waals surface area contributed by atoms with Gasteiger partial charge in [-0.05, 0) is 57.0 Å². The molecule has 0 radical (unpaired) electrons. The number of hydrogen-bond donors (Lipinski definition) is 0. The molecule has 4 aliphatic heterocycles. The minimum atomic E-state index is -0.505. The molecule has 1 unspecified atom stereocenters. The number of amidine groups is 1. The Morgan fingerprint density at radius 2 is 1.84 bits per heavy atom. The number of aliphatic imine (C=N–C) groups is 1. The summed E-state index contributed by atoms with van der Waals surface area (Å²) in [5.41, 5.74) is 3.56. The van der Waals surface area contributed by atoms with E-state index in [2.05, 4.69) is 46.4 Å². The first-order valence-corrected chi connectivity index (χ1v) is 11.3. The van der Waals surface area contributed by atoms with Crippen LogP contribution in [0.3, 0.4) is 0 Å². The summed E-state index contributed by atoms with van der Waals surface area (Å²) >= 11 is 0. The third kappa shape index (κ3) is 3.24. The molecule has 31 heavy (non-hydrogen) atoms. The standard InChI is InChI=1S/C23H31N6O2/c1-16-8-7-9-18(17(16)2)27-14-15-28-19-20(24-22(27)28)25(3)23(31)29(21(19)30)13-12-26-10-5-4-6-11-26/h7-9,19H,4-6,10-15H2,1-3H3/q+1. The van der Waals surface area contributed by atoms with Crippen molar-refractivity contribution in [3.63, 3.8) is 0 Å². The van der Waals surface area contributed by atoms with Gasteiger partial charge >= 0.3 is 12.0 Å². The number of anilines is 1. The van der Waals surface area contributed by atoms with Crippen molar-refractivity contribution in [2.24, 2.45) is 4.99 Å². The van der Waals surface area contributed by atoms with Crippen molar-refractivity contribution in [1.29, 1.82) is 0 Å². The Kier molecular flexibility index (Phi) is 5.04. The predicted molar refractivity (Wildman–Crippen MR) is 120 cm³/mol. The van der Waals surface area contributed by atoms with E-state index in [0.29, 0.717) is 18.9 Å². The summed E-state index contributed by atoms with van der Waals surface area (Å²) in [4.78, 5) is 38.8. The number of likely N-dealkylation sites (N-methyl/N-ethyl adjacent to an activating group) is 1. The number of carbonyl (C=O) groups is 2. The molecule has 164 valence electrons. The number of amides is 3. The molecule has 4 heterocycles. The number of fused-ring (bicyclic) bond motifs is 2. The molecule has 0 aromatic heterocycles. The van der Waals surface area contributed by atoms with E-state index in [4.69, 9.17) is 4.99 Å². The Morgan fingerprint density at radius 1 is 1.06 bits per heavy atom. The zero-order valence-electron chi connectivity index (χ0n) is 18.7. The zero-order valence-corrected chi connectivity index (χ0v) is 18.7. The van der Waals surface area contributed by atoms with Crippen LogP contribution in [0.2, 0.25) is 0 Å². The SMILES string of the molecule is Cc1cccc(N2CC[N+]3=C2N=C2C3C(=O)N(CCN3CCCCC3)C(=O)N2C)c1C. The van der Waals surface area contributed by atoms with E-state index in [1.54, 1.807) is 11.9 Å². The Hall–Kier alpha value is -2.74. The van der Waals surface area contributed by atoms with Crippen LogP contribution in [0.5, 0.6) is 0 Å². The summed E-state index contributed by atoms with van der Waals surface area (Å²) in [5.74, 6) is 1.19. The van der Waals surface area contributed by atoms with Crippen LogP contribution in [0.4, 0.5) is 10.5 Å². The van der Waals surface area contributed by atoms with Crippen molar-refractivity contribution >= 4 is 29.4 Å². The van der Waals surface area contributed by atoms with Gasteiger partial charge in [0.15, 0.2) is 0 Å². The summed E-state index contributed by atoms with van der Waals surface area (Å²) in [6, 6.07) is 5.49. The molecule has 2 fully saturated rings. The van der Waals surface area contributed by atoms with Crippen molar-refractivity contribution in [3.8, 4) is 0 Å². The van der Waals surface area contributed by atoms with Gasteiger partial charge < -0.3 is 4.90 Å². The molecule has 0 saturated carbocycles. The maximum Gasteiger partial charge on any atom is 0.397 e. The highest BCUT2D eigenvalue weighted by Gasteiger charge is 2.55. The van der Waals surface area contributed by atoms with Gasteiger partial charge in [0.1, 0.15) is 12.2 Å². The average molecular weight is 424 g/mol. The number of likely N-dealkylation sites (tertiary alicyclic amines) is 1. The van der Waals surface area contributed by atoms with E-state index in [1.807, 2.05) is 0 Å². The monoisotopic (exact) mass is 423 g/mol. The van der Waals surface area contributed by atoms with E-state index >= 15 is 0 Å². The van der Waals surface area contributed by atoms with E-state index in [-0.39, 0.29) is 11.9 Å². The van der Waals surface area contributed by atoms with Crippen LogP contribution in [0.25, 0.3) is 0 Å². The Labute approximate surface area is 183 Å². The number of nitrogens with zero attached hydrogens (tertiary/aromatic N) is 6. The number of benzene rings is 1. The van der Waals surface area contributed by atoms with Crippen LogP contribution >= 0.6 is 0 Å². The lowest BCUT2D eigenvalue weighted by Crippen LogP contribution is -2.63. The van der Waals surface area contributed by atoms with E-state index in [0.717, 1.165) is 37.8 Å². The quantitative estimate of drug-likeness (QED) is 0.691. The molecular formula is C23H31N6O2+. The van der Waals surface area contributed by atoms with Crippen LogP contribution < -0.4 is 4.90 Å². The van der Waals surface area contributed by atoms with Gasteiger partial charge in [0.25, 0.3) is 5.91 Å². The highest BCUT2D eigenvalue weighted by Crippen LogP contribution is 2.29. The third-order valence-corrected chi connectivity index (χ3v) is 7.15. The van der Waals surface area contributed by atoms with Gasteiger partial charge in [0, 0.05) is 20.1 Å². The molecule has 4 aliphatic rings. The summed E-state index contributed by atoms with van der Waals surface area (Å²) in [5, 5.41) is 0. The van der Waals surface area contributed by atoms with Crippen LogP contribution in [0, 0.1) is 13.8 Å². The average Bonchev–Trinajstić information content (AvgIpc) is 3.34. The number of imide groups is 1. The molecule has 0 spiro atoms. The van der Waals surface area contributed by atoms with E-state index < -0.39 is 6.04 Å². The summed E-state index contributed by atoms with van der Waals surface area (Å²) in [6.45, 7) is 9.01. The lowest BCUT2D eigenvalue weighted by Gasteiger charge is -2.35. The Bertz CT molecular complexity index is 994. The number of carbonyl (C=O) groups excluding carboxylic acids is 2. The van der Waals surface area contributed by atoms with Crippen LogP contribution in [-0.4, -0.2) is 95.4 Å². The van der Waals surface area contributed by atoms with Gasteiger partial charge in [-0.3, -0.25) is 14.6 Å². The van der Waals surface area contributed by atoms with Crippen molar-refractivity contribution in [3.05, 3.63) is 29.3 Å². The second-order valence-electron chi connectivity index (χ2n) is 8.97. The number of urea groups is 1. The van der Waals surface area contributed by atoms with Gasteiger partial charge in [0.2, 0.25) is 11.9 Å². The molecule has 1 aromatic rings. The lowest BCUT2D eigenvalue weighted by atomic mass is 10.1. The molecule has 1 aromatic carbocycles. The third-order valence-electron chi connectivity index (χ3n) is 7.15. The van der Waals surface area contributed by atoms with Gasteiger partial charge in [-0.15, -0.1) is 0 Å². The first-order chi connectivity index (χ1) is 15.0. The maximum atomic E-state index is 13.4. The van der Waals surface area contributed by atoms with Crippen molar-refractivity contribution in [1.82, 2.24) is 14.7 Å².